The van der Waals surface area contributed by atoms with E-state index < -0.39 is 0 Å². The average molecular weight is 359 g/mol. The third-order valence-electron chi connectivity index (χ3n) is 5.23. The maximum absolute atomic E-state index is 12.4. The summed E-state index contributed by atoms with van der Waals surface area (Å²) >= 11 is 0. The predicted octanol–water partition coefficient (Wildman–Crippen LogP) is 4.88. The molecule has 0 N–H and O–H groups in total. The average Bonchev–Trinajstić information content (AvgIpc) is 2.61. The topological polar surface area (TPSA) is 21.7 Å². The Labute approximate surface area is 156 Å². The highest BCUT2D eigenvalue weighted by molar-refractivity contribution is 5.51. The molecule has 1 aromatic carbocycles. The van der Waals surface area contributed by atoms with Gasteiger partial charge >= 0.3 is 0 Å². The van der Waals surface area contributed by atoms with Gasteiger partial charge in [-0.05, 0) is 53.2 Å². The summed E-state index contributed by atoms with van der Waals surface area (Å²) < 4.78 is 23.7. The van der Waals surface area contributed by atoms with Crippen LogP contribution >= 0.6 is 0 Å². The van der Waals surface area contributed by atoms with Crippen molar-refractivity contribution in [1.82, 2.24) is 4.90 Å². The number of hydrogen-bond donors (Lipinski definition) is 0. The van der Waals surface area contributed by atoms with Crippen LogP contribution in [0, 0.1) is 5.92 Å². The first-order chi connectivity index (χ1) is 12.5. The first-order valence-electron chi connectivity index (χ1n) is 9.56. The van der Waals surface area contributed by atoms with Gasteiger partial charge in [-0.1, -0.05) is 26.5 Å². The van der Waals surface area contributed by atoms with E-state index in [-0.39, 0.29) is 6.67 Å². The normalized spacial score (nSPS) is 21.7. The van der Waals surface area contributed by atoms with Crippen LogP contribution in [0.3, 0.4) is 0 Å². The van der Waals surface area contributed by atoms with Crippen molar-refractivity contribution in [3.05, 3.63) is 47.1 Å². The largest absolute Gasteiger partial charge is 0.493 e. The number of hydrogen-bond acceptors (Lipinski definition) is 3. The fourth-order valence-corrected chi connectivity index (χ4v) is 3.97. The second-order valence-corrected chi connectivity index (χ2v) is 7.57. The van der Waals surface area contributed by atoms with Gasteiger partial charge in [-0.25, -0.2) is 0 Å². The van der Waals surface area contributed by atoms with E-state index >= 15 is 0 Å². The first kappa shape index (κ1) is 19.0. The number of allylic oxidation sites excluding steroid dienone is 1. The first-order valence-corrected chi connectivity index (χ1v) is 9.56. The third kappa shape index (κ3) is 3.96. The monoisotopic (exact) mass is 359 g/mol. The lowest BCUT2D eigenvalue weighted by Gasteiger charge is -2.42. The van der Waals surface area contributed by atoms with E-state index in [2.05, 4.69) is 43.5 Å². The number of methoxy groups -OCH3 is 1. The van der Waals surface area contributed by atoms with Crippen molar-refractivity contribution in [2.75, 3.05) is 33.5 Å². The van der Waals surface area contributed by atoms with Gasteiger partial charge < -0.3 is 9.47 Å². The lowest BCUT2D eigenvalue weighted by Crippen LogP contribution is -2.40. The summed E-state index contributed by atoms with van der Waals surface area (Å²) in [5.74, 6) is 2.00. The van der Waals surface area contributed by atoms with Gasteiger partial charge in [-0.15, -0.1) is 0 Å². The minimum Gasteiger partial charge on any atom is -0.493 e. The van der Waals surface area contributed by atoms with Gasteiger partial charge in [0.1, 0.15) is 0 Å². The molecule has 2 aliphatic heterocycles. The molecule has 26 heavy (non-hydrogen) atoms. The molecule has 2 heterocycles. The molecule has 0 saturated carbocycles. The molecule has 4 heteroatoms. The van der Waals surface area contributed by atoms with Crippen LogP contribution in [-0.4, -0.2) is 38.4 Å². The highest BCUT2D eigenvalue weighted by Gasteiger charge is 2.33. The molecule has 1 saturated heterocycles. The standard InChI is InChI=1S/C22H30FNO2/c1-15(2)10-18-14-24-8-6-17-12-22(26-9-5-7-23)21(25-4)13-19(17)20(24)11-16(18)3/h10,12-13,15,20H,3,5-9,11,14H2,1-2,4H3/b18-10+. The number of nitrogens with zero attached hydrogens (tertiary/aromatic N) is 1. The molecular weight excluding hydrogens is 329 g/mol. The Hall–Kier alpha value is -1.81. The fraction of sp³-hybridized carbons (Fsp3) is 0.545. The summed E-state index contributed by atoms with van der Waals surface area (Å²) in [6.45, 7) is 10.8. The summed E-state index contributed by atoms with van der Waals surface area (Å²) in [5, 5.41) is 0. The zero-order valence-corrected chi connectivity index (χ0v) is 16.2. The maximum Gasteiger partial charge on any atom is 0.161 e. The number of piperidine rings is 1. The van der Waals surface area contributed by atoms with E-state index in [1.165, 1.54) is 22.3 Å². The van der Waals surface area contributed by atoms with E-state index in [0.29, 0.717) is 25.0 Å². The molecule has 1 aromatic rings. The third-order valence-corrected chi connectivity index (χ3v) is 5.23. The Morgan fingerprint density at radius 3 is 2.85 bits per heavy atom. The van der Waals surface area contributed by atoms with E-state index in [0.717, 1.165) is 37.4 Å². The Morgan fingerprint density at radius 2 is 2.15 bits per heavy atom. The van der Waals surface area contributed by atoms with Gasteiger partial charge in [0.15, 0.2) is 11.5 Å². The minimum absolute atomic E-state index is 0.351. The molecule has 142 valence electrons. The number of rotatable bonds is 6. The smallest absolute Gasteiger partial charge is 0.161 e. The van der Waals surface area contributed by atoms with Crippen molar-refractivity contribution >= 4 is 0 Å². The van der Waals surface area contributed by atoms with Crippen LogP contribution in [0.1, 0.15) is 43.9 Å². The van der Waals surface area contributed by atoms with Crippen molar-refractivity contribution in [3.63, 3.8) is 0 Å². The van der Waals surface area contributed by atoms with E-state index in [4.69, 9.17) is 9.47 Å². The Balaban J connectivity index is 1.86. The SMILES string of the molecule is C=C1CC2c3cc(OC)c(OCCCF)cc3CCN2C/C1=C\C(C)C. The van der Waals surface area contributed by atoms with Crippen LogP contribution in [0.15, 0.2) is 35.9 Å². The van der Waals surface area contributed by atoms with Crippen molar-refractivity contribution < 1.29 is 13.9 Å². The van der Waals surface area contributed by atoms with Crippen molar-refractivity contribution in [3.8, 4) is 11.5 Å². The molecule has 2 aliphatic rings. The number of ether oxygens (including phenoxy) is 2. The number of benzene rings is 1. The second kappa shape index (κ2) is 8.26. The van der Waals surface area contributed by atoms with Gasteiger partial charge in [0.25, 0.3) is 0 Å². The molecule has 1 unspecified atom stereocenters. The van der Waals surface area contributed by atoms with Gasteiger partial charge in [-0.3, -0.25) is 9.29 Å². The van der Waals surface area contributed by atoms with E-state index in [1.54, 1.807) is 7.11 Å². The molecule has 0 aromatic heterocycles. The lowest BCUT2D eigenvalue weighted by atomic mass is 9.82. The molecule has 1 fully saturated rings. The summed E-state index contributed by atoms with van der Waals surface area (Å²) in [4.78, 5) is 2.55. The molecular formula is C22H30FNO2. The quantitative estimate of drug-likeness (QED) is 0.676. The summed E-state index contributed by atoms with van der Waals surface area (Å²) in [5.41, 5.74) is 5.26. The van der Waals surface area contributed by atoms with Gasteiger partial charge in [-0.2, -0.15) is 0 Å². The molecule has 0 spiro atoms. The Kier molecular flexibility index (Phi) is 6.02. The molecule has 0 amide bonds. The second-order valence-electron chi connectivity index (χ2n) is 7.57. The summed E-state index contributed by atoms with van der Waals surface area (Å²) in [6.07, 6.45) is 4.70. The van der Waals surface area contributed by atoms with Crippen LogP contribution < -0.4 is 9.47 Å². The van der Waals surface area contributed by atoms with Crippen molar-refractivity contribution in [2.24, 2.45) is 5.92 Å². The van der Waals surface area contributed by atoms with Crippen molar-refractivity contribution in [2.45, 2.75) is 39.2 Å². The van der Waals surface area contributed by atoms with Crippen LogP contribution in [0.2, 0.25) is 0 Å². The van der Waals surface area contributed by atoms with E-state index in [9.17, 15) is 4.39 Å². The molecule has 1 atom stereocenters. The number of halogens is 1. The molecule has 3 nitrogen and oxygen atoms in total. The Bertz CT molecular complexity index is 696. The highest BCUT2D eigenvalue weighted by atomic mass is 19.1. The van der Waals surface area contributed by atoms with Gasteiger partial charge in [0.05, 0.1) is 20.4 Å². The number of fused-ring (bicyclic) bond motifs is 3. The van der Waals surface area contributed by atoms with Crippen LogP contribution in [0.25, 0.3) is 0 Å². The zero-order chi connectivity index (χ0) is 18.7. The molecule has 0 radical (unpaired) electrons. The van der Waals surface area contributed by atoms with Crippen LogP contribution in [0.4, 0.5) is 4.39 Å². The Morgan fingerprint density at radius 1 is 1.35 bits per heavy atom. The zero-order valence-electron chi connectivity index (χ0n) is 16.2. The molecule has 0 aliphatic carbocycles. The predicted molar refractivity (Wildman–Crippen MR) is 104 cm³/mol. The minimum atomic E-state index is -0.362. The van der Waals surface area contributed by atoms with Crippen molar-refractivity contribution in [1.29, 1.82) is 0 Å². The summed E-state index contributed by atoms with van der Waals surface area (Å²) in [7, 11) is 1.66. The van der Waals surface area contributed by atoms with Gasteiger partial charge in [0, 0.05) is 25.6 Å². The molecule has 3 rings (SSSR count). The maximum atomic E-state index is 12.4. The van der Waals surface area contributed by atoms with Gasteiger partial charge in [0.2, 0.25) is 0 Å². The fourth-order valence-electron chi connectivity index (χ4n) is 3.97. The lowest BCUT2D eigenvalue weighted by molar-refractivity contribution is 0.184. The molecule has 0 bridgehead atoms. The van der Waals surface area contributed by atoms with E-state index in [1.807, 2.05) is 0 Å². The highest BCUT2D eigenvalue weighted by Crippen LogP contribution is 2.44. The number of alkyl halides is 1. The van der Waals surface area contributed by atoms with Crippen LogP contribution in [-0.2, 0) is 6.42 Å². The van der Waals surface area contributed by atoms with Crippen LogP contribution in [0.5, 0.6) is 11.5 Å². The summed E-state index contributed by atoms with van der Waals surface area (Å²) in [6, 6.07) is 4.55.